The van der Waals surface area contributed by atoms with Crippen LogP contribution in [0.3, 0.4) is 0 Å². The monoisotopic (exact) mass is 287 g/mol. The Kier molecular flexibility index (Phi) is 3.92. The number of rotatable bonds is 3. The standard InChI is InChI=1S/C15H10ClNO3/c1-9-3-2-4-11(8-17)14(9)20-13-6-5-10(15(18)19)7-12(13)16/h2-7H,1H3,(H,18,19). The van der Waals surface area contributed by atoms with E-state index in [2.05, 4.69) is 0 Å². The van der Waals surface area contributed by atoms with Crippen LogP contribution in [0.4, 0.5) is 0 Å². The summed E-state index contributed by atoms with van der Waals surface area (Å²) in [5, 5.41) is 18.1. The van der Waals surface area contributed by atoms with Crippen LogP contribution < -0.4 is 4.74 Å². The van der Waals surface area contributed by atoms with Crippen LogP contribution in [0.5, 0.6) is 11.5 Å². The maximum Gasteiger partial charge on any atom is 0.335 e. The molecule has 0 aliphatic rings. The first-order valence-corrected chi connectivity index (χ1v) is 6.11. The Morgan fingerprint density at radius 2 is 2.10 bits per heavy atom. The molecule has 2 aromatic carbocycles. The molecule has 20 heavy (non-hydrogen) atoms. The van der Waals surface area contributed by atoms with E-state index in [0.29, 0.717) is 17.1 Å². The highest BCUT2D eigenvalue weighted by atomic mass is 35.5. The molecule has 2 rings (SSSR count). The van der Waals surface area contributed by atoms with Crippen LogP contribution in [0.1, 0.15) is 21.5 Å². The highest BCUT2D eigenvalue weighted by Crippen LogP contribution is 2.33. The normalized spacial score (nSPS) is 9.85. The lowest BCUT2D eigenvalue weighted by Gasteiger charge is -2.11. The van der Waals surface area contributed by atoms with Crippen molar-refractivity contribution in [2.45, 2.75) is 6.92 Å². The largest absolute Gasteiger partial charge is 0.478 e. The smallest absolute Gasteiger partial charge is 0.335 e. The Morgan fingerprint density at radius 3 is 2.70 bits per heavy atom. The number of nitrogens with zero attached hydrogens (tertiary/aromatic N) is 1. The van der Waals surface area contributed by atoms with Gasteiger partial charge in [0.1, 0.15) is 17.6 Å². The number of para-hydroxylation sites is 1. The maximum absolute atomic E-state index is 10.8. The molecule has 0 heterocycles. The van der Waals surface area contributed by atoms with Crippen molar-refractivity contribution >= 4 is 17.6 Å². The van der Waals surface area contributed by atoms with E-state index in [4.69, 9.17) is 26.7 Å². The molecule has 0 aliphatic carbocycles. The lowest BCUT2D eigenvalue weighted by molar-refractivity contribution is 0.0697. The van der Waals surface area contributed by atoms with Gasteiger partial charge in [0.05, 0.1) is 16.1 Å². The Bertz CT molecular complexity index is 720. The molecule has 0 unspecified atom stereocenters. The van der Waals surface area contributed by atoms with Crippen molar-refractivity contribution in [1.82, 2.24) is 0 Å². The van der Waals surface area contributed by atoms with E-state index in [0.717, 1.165) is 5.56 Å². The summed E-state index contributed by atoms with van der Waals surface area (Å²) < 4.78 is 5.65. The molecule has 0 amide bonds. The molecule has 0 saturated heterocycles. The topological polar surface area (TPSA) is 70.3 Å². The van der Waals surface area contributed by atoms with E-state index in [-0.39, 0.29) is 10.6 Å². The molecular weight excluding hydrogens is 278 g/mol. The number of carboxylic acids is 1. The molecule has 100 valence electrons. The van der Waals surface area contributed by atoms with E-state index >= 15 is 0 Å². The van der Waals surface area contributed by atoms with Gasteiger partial charge in [0.2, 0.25) is 0 Å². The third-order valence-electron chi connectivity index (χ3n) is 2.72. The zero-order chi connectivity index (χ0) is 14.7. The Labute approximate surface area is 120 Å². The number of benzene rings is 2. The molecule has 2 aromatic rings. The Hall–Kier alpha value is -2.51. The van der Waals surface area contributed by atoms with E-state index < -0.39 is 5.97 Å². The summed E-state index contributed by atoms with van der Waals surface area (Å²) in [6.45, 7) is 1.82. The average molecular weight is 288 g/mol. The summed E-state index contributed by atoms with van der Waals surface area (Å²) in [4.78, 5) is 10.8. The van der Waals surface area contributed by atoms with Crippen LogP contribution in [0.25, 0.3) is 0 Å². The molecular formula is C15H10ClNO3. The number of aromatic carboxylic acids is 1. The number of hydrogen-bond donors (Lipinski definition) is 1. The minimum absolute atomic E-state index is 0.0765. The van der Waals surface area contributed by atoms with Crippen molar-refractivity contribution in [2.24, 2.45) is 0 Å². The highest BCUT2D eigenvalue weighted by Gasteiger charge is 2.12. The maximum atomic E-state index is 10.8. The van der Waals surface area contributed by atoms with Crippen LogP contribution >= 0.6 is 11.6 Å². The van der Waals surface area contributed by atoms with Crippen molar-refractivity contribution in [1.29, 1.82) is 5.26 Å². The van der Waals surface area contributed by atoms with Crippen LogP contribution in [0.2, 0.25) is 5.02 Å². The predicted octanol–water partition coefficient (Wildman–Crippen LogP) is 4.01. The minimum atomic E-state index is -1.06. The van der Waals surface area contributed by atoms with Crippen molar-refractivity contribution in [2.75, 3.05) is 0 Å². The molecule has 0 bridgehead atoms. The summed E-state index contributed by atoms with van der Waals surface area (Å²) >= 11 is 6.00. The first-order valence-electron chi connectivity index (χ1n) is 5.73. The summed E-state index contributed by atoms with van der Waals surface area (Å²) in [5.74, 6) is -0.338. The predicted molar refractivity (Wildman–Crippen MR) is 74.4 cm³/mol. The number of ether oxygens (including phenoxy) is 1. The van der Waals surface area contributed by atoms with Gasteiger partial charge in [-0.15, -0.1) is 0 Å². The molecule has 0 atom stereocenters. The van der Waals surface area contributed by atoms with Gasteiger partial charge in [0.25, 0.3) is 0 Å². The molecule has 5 heteroatoms. The van der Waals surface area contributed by atoms with Gasteiger partial charge in [-0.2, -0.15) is 5.26 Å². The highest BCUT2D eigenvalue weighted by molar-refractivity contribution is 6.32. The van der Waals surface area contributed by atoms with Gasteiger partial charge in [0.15, 0.2) is 0 Å². The first kappa shape index (κ1) is 13.9. The lowest BCUT2D eigenvalue weighted by Crippen LogP contribution is -1.97. The van der Waals surface area contributed by atoms with Crippen molar-refractivity contribution in [3.63, 3.8) is 0 Å². The van der Waals surface area contributed by atoms with E-state index in [9.17, 15) is 4.79 Å². The lowest BCUT2D eigenvalue weighted by atomic mass is 10.1. The molecule has 0 saturated carbocycles. The zero-order valence-corrected chi connectivity index (χ0v) is 11.3. The Balaban J connectivity index is 2.41. The number of nitriles is 1. The number of carbonyl (C=O) groups is 1. The second kappa shape index (κ2) is 5.64. The van der Waals surface area contributed by atoms with Gasteiger partial charge in [-0.1, -0.05) is 23.7 Å². The fourth-order valence-electron chi connectivity index (χ4n) is 1.70. The van der Waals surface area contributed by atoms with Crippen LogP contribution in [-0.2, 0) is 0 Å². The summed E-state index contributed by atoms with van der Waals surface area (Å²) in [5.41, 5.74) is 1.26. The summed E-state index contributed by atoms with van der Waals surface area (Å²) in [7, 11) is 0. The van der Waals surface area contributed by atoms with Crippen LogP contribution in [0, 0.1) is 18.3 Å². The molecule has 0 radical (unpaired) electrons. The second-order valence-corrected chi connectivity index (χ2v) is 4.52. The number of aryl methyl sites for hydroxylation is 1. The molecule has 1 N–H and O–H groups in total. The third kappa shape index (κ3) is 2.73. The van der Waals surface area contributed by atoms with Gasteiger partial charge in [0, 0.05) is 0 Å². The van der Waals surface area contributed by atoms with E-state index in [1.165, 1.54) is 18.2 Å². The summed E-state index contributed by atoms with van der Waals surface area (Å²) in [6.07, 6.45) is 0. The molecule has 4 nitrogen and oxygen atoms in total. The van der Waals surface area contributed by atoms with Crippen molar-refractivity contribution < 1.29 is 14.6 Å². The van der Waals surface area contributed by atoms with Gasteiger partial charge < -0.3 is 9.84 Å². The number of halogens is 1. The van der Waals surface area contributed by atoms with E-state index in [1.807, 2.05) is 19.1 Å². The molecule has 0 spiro atoms. The molecule has 0 fully saturated rings. The molecule has 0 aromatic heterocycles. The van der Waals surface area contributed by atoms with Gasteiger partial charge in [-0.25, -0.2) is 4.79 Å². The van der Waals surface area contributed by atoms with Crippen molar-refractivity contribution in [3.05, 3.63) is 58.1 Å². The van der Waals surface area contributed by atoms with Crippen LogP contribution in [0.15, 0.2) is 36.4 Å². The van der Waals surface area contributed by atoms with Crippen LogP contribution in [-0.4, -0.2) is 11.1 Å². The second-order valence-electron chi connectivity index (χ2n) is 4.12. The first-order chi connectivity index (χ1) is 9.52. The van der Waals surface area contributed by atoms with Crippen molar-refractivity contribution in [3.8, 4) is 17.6 Å². The number of carboxylic acid groups (broad SMARTS) is 1. The molecule has 0 aliphatic heterocycles. The fraction of sp³-hybridized carbons (Fsp3) is 0.0667. The zero-order valence-electron chi connectivity index (χ0n) is 10.6. The fourth-order valence-corrected chi connectivity index (χ4v) is 1.92. The van der Waals surface area contributed by atoms with Gasteiger partial charge in [-0.05, 0) is 36.8 Å². The Morgan fingerprint density at radius 1 is 1.35 bits per heavy atom. The average Bonchev–Trinajstić information content (AvgIpc) is 2.42. The van der Waals surface area contributed by atoms with Gasteiger partial charge >= 0.3 is 5.97 Å². The summed E-state index contributed by atoms with van der Waals surface area (Å²) in [6, 6.07) is 11.4. The SMILES string of the molecule is Cc1cccc(C#N)c1Oc1ccc(C(=O)O)cc1Cl. The number of hydrogen-bond acceptors (Lipinski definition) is 3. The van der Waals surface area contributed by atoms with Gasteiger partial charge in [-0.3, -0.25) is 0 Å². The minimum Gasteiger partial charge on any atom is -0.478 e. The third-order valence-corrected chi connectivity index (χ3v) is 3.02. The quantitative estimate of drug-likeness (QED) is 0.926. The van der Waals surface area contributed by atoms with E-state index in [1.54, 1.807) is 12.1 Å².